The SMILES string of the molecule is CCOc1cccc(OC(=O)Cc2ccc([N+](=O)[O-])cc2)c1OC(=O)Cc1ccc([N+](=O)[O-])cc1. The van der Waals surface area contributed by atoms with E-state index in [0.29, 0.717) is 11.1 Å². The molecule has 0 aliphatic heterocycles. The molecule has 3 aromatic rings. The highest BCUT2D eigenvalue weighted by atomic mass is 16.6. The Kier molecular flexibility index (Phi) is 8.06. The Hall–Kier alpha value is -4.80. The van der Waals surface area contributed by atoms with Crippen LogP contribution in [0.15, 0.2) is 66.7 Å². The van der Waals surface area contributed by atoms with E-state index in [1.807, 2.05) is 0 Å². The second kappa shape index (κ2) is 11.4. The minimum Gasteiger partial charge on any atom is -0.490 e. The van der Waals surface area contributed by atoms with E-state index < -0.39 is 21.8 Å². The number of para-hydroxylation sites is 1. The molecule has 0 aliphatic carbocycles. The van der Waals surface area contributed by atoms with Crippen LogP contribution in [0, 0.1) is 20.2 Å². The first-order valence-corrected chi connectivity index (χ1v) is 10.4. The Balaban J connectivity index is 1.74. The lowest BCUT2D eigenvalue weighted by molar-refractivity contribution is -0.385. The van der Waals surface area contributed by atoms with Crippen molar-refractivity contribution in [1.82, 2.24) is 0 Å². The number of nitro groups is 2. The van der Waals surface area contributed by atoms with Crippen molar-refractivity contribution in [2.24, 2.45) is 0 Å². The Labute approximate surface area is 199 Å². The second-order valence-electron chi connectivity index (χ2n) is 7.17. The van der Waals surface area contributed by atoms with Gasteiger partial charge in [0.25, 0.3) is 11.4 Å². The number of benzene rings is 3. The van der Waals surface area contributed by atoms with Gasteiger partial charge in [-0.3, -0.25) is 29.8 Å². The zero-order chi connectivity index (χ0) is 25.4. The molecule has 0 heterocycles. The van der Waals surface area contributed by atoms with Crippen LogP contribution < -0.4 is 14.2 Å². The second-order valence-corrected chi connectivity index (χ2v) is 7.17. The van der Waals surface area contributed by atoms with Gasteiger partial charge in [-0.1, -0.05) is 30.3 Å². The van der Waals surface area contributed by atoms with Crippen LogP contribution in [0.4, 0.5) is 11.4 Å². The Morgan fingerprint density at radius 2 is 1.17 bits per heavy atom. The first-order valence-electron chi connectivity index (χ1n) is 10.4. The van der Waals surface area contributed by atoms with Crippen LogP contribution in [0.25, 0.3) is 0 Å². The molecule has 11 nitrogen and oxygen atoms in total. The van der Waals surface area contributed by atoms with Crippen molar-refractivity contribution in [3.05, 3.63) is 98.1 Å². The predicted molar refractivity (Wildman–Crippen MR) is 122 cm³/mol. The van der Waals surface area contributed by atoms with Gasteiger partial charge in [0.2, 0.25) is 5.75 Å². The number of nitrogens with zero attached hydrogens (tertiary/aromatic N) is 2. The van der Waals surface area contributed by atoms with Crippen LogP contribution in [-0.4, -0.2) is 28.4 Å². The number of hydrogen-bond donors (Lipinski definition) is 0. The largest absolute Gasteiger partial charge is 0.490 e. The molecule has 0 spiro atoms. The first-order chi connectivity index (χ1) is 16.8. The highest BCUT2D eigenvalue weighted by molar-refractivity contribution is 5.80. The maximum Gasteiger partial charge on any atom is 0.315 e. The molecule has 11 heteroatoms. The summed E-state index contributed by atoms with van der Waals surface area (Å²) in [4.78, 5) is 45.5. The van der Waals surface area contributed by atoms with E-state index in [1.54, 1.807) is 19.1 Å². The number of ether oxygens (including phenoxy) is 3. The summed E-state index contributed by atoms with van der Waals surface area (Å²) in [5.41, 5.74) is 0.782. The molecule has 35 heavy (non-hydrogen) atoms. The van der Waals surface area contributed by atoms with E-state index in [0.717, 1.165) is 0 Å². The van der Waals surface area contributed by atoms with Gasteiger partial charge in [0.15, 0.2) is 11.5 Å². The monoisotopic (exact) mass is 480 g/mol. The van der Waals surface area contributed by atoms with Gasteiger partial charge in [-0.2, -0.15) is 0 Å². The third kappa shape index (κ3) is 6.84. The molecule has 0 amide bonds. The number of esters is 2. The zero-order valence-corrected chi connectivity index (χ0v) is 18.5. The van der Waals surface area contributed by atoms with Crippen molar-refractivity contribution in [2.45, 2.75) is 19.8 Å². The first kappa shape index (κ1) is 24.8. The lowest BCUT2D eigenvalue weighted by Gasteiger charge is -2.14. The summed E-state index contributed by atoms with van der Waals surface area (Å²) in [5.74, 6) is -1.32. The molecule has 0 saturated heterocycles. The number of hydrogen-bond acceptors (Lipinski definition) is 9. The van der Waals surface area contributed by atoms with Crippen molar-refractivity contribution >= 4 is 23.3 Å². The minimum atomic E-state index is -0.696. The maximum atomic E-state index is 12.6. The maximum absolute atomic E-state index is 12.6. The Morgan fingerprint density at radius 3 is 1.63 bits per heavy atom. The van der Waals surface area contributed by atoms with Crippen molar-refractivity contribution in [3.63, 3.8) is 0 Å². The molecule has 0 unspecified atom stereocenters. The molecule has 0 atom stereocenters. The molecule has 0 fully saturated rings. The summed E-state index contributed by atoms with van der Waals surface area (Å²) in [5, 5.41) is 21.6. The number of nitro benzene ring substituents is 2. The van der Waals surface area contributed by atoms with Crippen molar-refractivity contribution in [3.8, 4) is 17.2 Å². The number of carbonyl (C=O) groups is 2. The zero-order valence-electron chi connectivity index (χ0n) is 18.5. The van der Waals surface area contributed by atoms with Gasteiger partial charge in [0.05, 0.1) is 29.3 Å². The Morgan fingerprint density at radius 1 is 0.714 bits per heavy atom. The summed E-state index contributed by atoms with van der Waals surface area (Å²) in [7, 11) is 0. The lowest BCUT2D eigenvalue weighted by atomic mass is 10.1. The van der Waals surface area contributed by atoms with Gasteiger partial charge in [0.1, 0.15) is 0 Å². The highest BCUT2D eigenvalue weighted by Gasteiger charge is 2.20. The third-order valence-electron chi connectivity index (χ3n) is 4.67. The quantitative estimate of drug-likeness (QED) is 0.180. The van der Waals surface area contributed by atoms with Crippen molar-refractivity contribution in [2.75, 3.05) is 6.61 Å². The summed E-state index contributed by atoms with van der Waals surface area (Å²) in [6, 6.07) is 15.4. The van der Waals surface area contributed by atoms with Crippen molar-refractivity contribution in [1.29, 1.82) is 0 Å². The molecule has 0 saturated carbocycles. The van der Waals surface area contributed by atoms with Crippen LogP contribution in [0.3, 0.4) is 0 Å². The smallest absolute Gasteiger partial charge is 0.315 e. The molecular formula is C24H20N2O9. The fourth-order valence-corrected chi connectivity index (χ4v) is 3.06. The van der Waals surface area contributed by atoms with Crippen LogP contribution >= 0.6 is 0 Å². The summed E-state index contributed by atoms with van der Waals surface area (Å²) in [6.45, 7) is 1.99. The minimum absolute atomic E-state index is 0.0417. The summed E-state index contributed by atoms with van der Waals surface area (Å²) < 4.78 is 16.4. The number of rotatable bonds is 10. The van der Waals surface area contributed by atoms with E-state index in [-0.39, 0.29) is 48.1 Å². The standard InChI is InChI=1S/C24H20N2O9/c1-2-33-20-4-3-5-21(34-22(27)14-16-6-10-18(11-7-16)25(29)30)24(20)35-23(28)15-17-8-12-19(13-9-17)26(31)32/h3-13H,2,14-15H2,1H3. The molecule has 3 aromatic carbocycles. The molecule has 180 valence electrons. The van der Waals surface area contributed by atoms with Crippen LogP contribution in [0.1, 0.15) is 18.1 Å². The van der Waals surface area contributed by atoms with Gasteiger partial charge in [-0.15, -0.1) is 0 Å². The molecule has 0 aliphatic rings. The van der Waals surface area contributed by atoms with Crippen molar-refractivity contribution < 1.29 is 33.6 Å². The van der Waals surface area contributed by atoms with Gasteiger partial charge in [-0.05, 0) is 30.2 Å². The van der Waals surface area contributed by atoms with E-state index in [2.05, 4.69) is 0 Å². The van der Waals surface area contributed by atoms with E-state index >= 15 is 0 Å². The molecule has 0 radical (unpaired) electrons. The topological polar surface area (TPSA) is 148 Å². The van der Waals surface area contributed by atoms with Gasteiger partial charge < -0.3 is 14.2 Å². The number of non-ortho nitro benzene ring substituents is 2. The Bertz CT molecular complexity index is 1240. The molecule has 0 bridgehead atoms. The van der Waals surface area contributed by atoms with Gasteiger partial charge in [-0.25, -0.2) is 0 Å². The lowest BCUT2D eigenvalue weighted by Crippen LogP contribution is -2.16. The molecule has 0 N–H and O–H groups in total. The summed E-state index contributed by atoms with van der Waals surface area (Å²) in [6.07, 6.45) is -0.359. The average molecular weight is 480 g/mol. The van der Waals surface area contributed by atoms with E-state index in [9.17, 15) is 29.8 Å². The highest BCUT2D eigenvalue weighted by Crippen LogP contribution is 2.38. The fourth-order valence-electron chi connectivity index (χ4n) is 3.06. The summed E-state index contributed by atoms with van der Waals surface area (Å²) >= 11 is 0. The van der Waals surface area contributed by atoms with E-state index in [4.69, 9.17) is 14.2 Å². The van der Waals surface area contributed by atoms with Crippen LogP contribution in [0.2, 0.25) is 0 Å². The average Bonchev–Trinajstić information content (AvgIpc) is 2.82. The van der Waals surface area contributed by atoms with E-state index in [1.165, 1.54) is 54.6 Å². The predicted octanol–water partition coefficient (Wildman–Crippen LogP) is 4.20. The normalized spacial score (nSPS) is 10.3. The van der Waals surface area contributed by atoms with Gasteiger partial charge in [0, 0.05) is 24.3 Å². The van der Waals surface area contributed by atoms with Crippen LogP contribution in [-0.2, 0) is 22.4 Å². The number of carbonyl (C=O) groups excluding carboxylic acids is 2. The third-order valence-corrected chi connectivity index (χ3v) is 4.67. The molecule has 3 rings (SSSR count). The molecular weight excluding hydrogens is 460 g/mol. The fraction of sp³-hybridized carbons (Fsp3) is 0.167. The van der Waals surface area contributed by atoms with Gasteiger partial charge >= 0.3 is 11.9 Å². The molecule has 0 aromatic heterocycles. The van der Waals surface area contributed by atoms with Crippen LogP contribution in [0.5, 0.6) is 17.2 Å².